The van der Waals surface area contributed by atoms with Crippen LogP contribution in [0.25, 0.3) is 6.08 Å². The number of carboxylic acids is 1. The van der Waals surface area contributed by atoms with E-state index in [1.165, 1.54) is 19.9 Å². The Kier molecular flexibility index (Phi) is 5.71. The van der Waals surface area contributed by atoms with E-state index in [2.05, 4.69) is 6.58 Å². The molecule has 0 aromatic heterocycles. The number of carboxylic acid groups (broad SMARTS) is 1. The van der Waals surface area contributed by atoms with Gasteiger partial charge < -0.3 is 9.90 Å². The molecule has 15 heavy (non-hydrogen) atoms. The van der Waals surface area contributed by atoms with Crippen LogP contribution in [-0.2, 0) is 4.79 Å². The molecule has 80 valence electrons. The highest BCUT2D eigenvalue weighted by atomic mass is 16.4. The summed E-state index contributed by atoms with van der Waals surface area (Å²) >= 11 is 0. The maximum atomic E-state index is 10.5. The second-order valence-corrected chi connectivity index (χ2v) is 3.00. The average Bonchev–Trinajstić information content (AvgIpc) is 2.16. The minimum absolute atomic E-state index is 0.167. The summed E-state index contributed by atoms with van der Waals surface area (Å²) in [5, 5.41) is 8.65. The minimum Gasteiger partial charge on any atom is -0.478 e. The van der Waals surface area contributed by atoms with Crippen LogP contribution in [0.5, 0.6) is 0 Å². The Morgan fingerprint density at radius 3 is 2.07 bits per heavy atom. The third-order valence-electron chi connectivity index (χ3n) is 1.41. The first kappa shape index (κ1) is 13.1. The first-order chi connectivity index (χ1) is 6.99. The fourth-order valence-electron chi connectivity index (χ4n) is 0.870. The zero-order chi connectivity index (χ0) is 11.8. The van der Waals surface area contributed by atoms with Crippen molar-refractivity contribution in [1.82, 2.24) is 0 Å². The molecule has 0 aliphatic rings. The van der Waals surface area contributed by atoms with Gasteiger partial charge in [0.25, 0.3) is 0 Å². The third-order valence-corrected chi connectivity index (χ3v) is 1.41. The lowest BCUT2D eigenvalue weighted by Crippen LogP contribution is -1.98. The van der Waals surface area contributed by atoms with E-state index >= 15 is 0 Å². The van der Waals surface area contributed by atoms with Crippen molar-refractivity contribution in [3.05, 3.63) is 42.0 Å². The van der Waals surface area contributed by atoms with Crippen LogP contribution < -0.4 is 0 Å². The number of aromatic carboxylic acids is 1. The topological polar surface area (TPSA) is 54.4 Å². The van der Waals surface area contributed by atoms with Gasteiger partial charge in [-0.1, -0.05) is 30.9 Å². The number of hydrogen-bond acceptors (Lipinski definition) is 2. The van der Waals surface area contributed by atoms with Crippen molar-refractivity contribution < 1.29 is 14.7 Å². The van der Waals surface area contributed by atoms with E-state index in [4.69, 9.17) is 5.11 Å². The first-order valence-electron chi connectivity index (χ1n) is 4.41. The van der Waals surface area contributed by atoms with Gasteiger partial charge in [-0.25, -0.2) is 4.79 Å². The monoisotopic (exact) mass is 206 g/mol. The molecule has 3 nitrogen and oxygen atoms in total. The number of carbonyl (C=O) groups excluding carboxylic acids is 1. The quantitative estimate of drug-likeness (QED) is 0.809. The second kappa shape index (κ2) is 6.54. The van der Waals surface area contributed by atoms with Crippen molar-refractivity contribution in [2.24, 2.45) is 0 Å². The van der Waals surface area contributed by atoms with Crippen LogP contribution >= 0.6 is 0 Å². The highest BCUT2D eigenvalue weighted by molar-refractivity contribution is 5.91. The Balaban J connectivity index is 0.000000423. The SMILES string of the molecule is C=Cc1ccccc1C(=O)O.CC(C)=O. The average molecular weight is 206 g/mol. The highest BCUT2D eigenvalue weighted by Gasteiger charge is 2.04. The molecule has 0 unspecified atom stereocenters. The zero-order valence-electron chi connectivity index (χ0n) is 8.86. The fraction of sp³-hybridized carbons (Fsp3) is 0.167. The summed E-state index contributed by atoms with van der Waals surface area (Å²) in [6.07, 6.45) is 1.53. The van der Waals surface area contributed by atoms with Crippen molar-refractivity contribution in [1.29, 1.82) is 0 Å². The predicted octanol–water partition coefficient (Wildman–Crippen LogP) is 2.62. The van der Waals surface area contributed by atoms with Crippen LogP contribution in [0.2, 0.25) is 0 Å². The lowest BCUT2D eigenvalue weighted by molar-refractivity contribution is -0.114. The molecule has 0 aliphatic heterocycles. The van der Waals surface area contributed by atoms with Crippen molar-refractivity contribution in [3.8, 4) is 0 Å². The van der Waals surface area contributed by atoms with Gasteiger partial charge in [0.15, 0.2) is 0 Å². The molecule has 0 aliphatic carbocycles. The lowest BCUT2D eigenvalue weighted by atomic mass is 10.1. The van der Waals surface area contributed by atoms with Crippen LogP contribution in [0.1, 0.15) is 29.8 Å². The lowest BCUT2D eigenvalue weighted by Gasteiger charge is -1.97. The van der Waals surface area contributed by atoms with Gasteiger partial charge in [-0.05, 0) is 25.5 Å². The number of rotatable bonds is 2. The number of Topliss-reactive ketones (excluding diaryl/α,β-unsaturated/α-hetero) is 1. The van der Waals surface area contributed by atoms with Crippen LogP contribution in [0.15, 0.2) is 30.8 Å². The van der Waals surface area contributed by atoms with Crippen molar-refractivity contribution in [3.63, 3.8) is 0 Å². The van der Waals surface area contributed by atoms with Gasteiger partial charge in [0.1, 0.15) is 5.78 Å². The molecule has 0 spiro atoms. The fourth-order valence-corrected chi connectivity index (χ4v) is 0.870. The number of hydrogen-bond donors (Lipinski definition) is 1. The molecule has 0 heterocycles. The Morgan fingerprint density at radius 2 is 1.73 bits per heavy atom. The smallest absolute Gasteiger partial charge is 0.336 e. The van der Waals surface area contributed by atoms with E-state index in [1.54, 1.807) is 24.3 Å². The normalized spacial score (nSPS) is 8.40. The van der Waals surface area contributed by atoms with Gasteiger partial charge in [-0.15, -0.1) is 0 Å². The Hall–Kier alpha value is -1.90. The van der Waals surface area contributed by atoms with E-state index in [-0.39, 0.29) is 5.78 Å². The molecule has 0 saturated carbocycles. The van der Waals surface area contributed by atoms with E-state index < -0.39 is 5.97 Å². The van der Waals surface area contributed by atoms with Crippen LogP contribution in [0.3, 0.4) is 0 Å². The van der Waals surface area contributed by atoms with Crippen molar-refractivity contribution in [2.75, 3.05) is 0 Å². The van der Waals surface area contributed by atoms with Crippen LogP contribution in [0.4, 0.5) is 0 Å². The molecule has 0 bridgehead atoms. The standard InChI is InChI=1S/C9H8O2.C3H6O/c1-2-7-5-3-4-6-8(7)9(10)11;1-3(2)4/h2-6H,1H2,(H,10,11);1-2H3. The summed E-state index contributed by atoms with van der Waals surface area (Å²) in [6, 6.07) is 6.75. The van der Waals surface area contributed by atoms with E-state index in [0.29, 0.717) is 11.1 Å². The summed E-state index contributed by atoms with van der Waals surface area (Å²) in [4.78, 5) is 20.0. The van der Waals surface area contributed by atoms with Gasteiger partial charge >= 0.3 is 5.97 Å². The van der Waals surface area contributed by atoms with Gasteiger partial charge in [-0.2, -0.15) is 0 Å². The Bertz CT molecular complexity index is 363. The predicted molar refractivity (Wildman–Crippen MR) is 59.8 cm³/mol. The van der Waals surface area contributed by atoms with E-state index in [1.807, 2.05) is 0 Å². The summed E-state index contributed by atoms with van der Waals surface area (Å²) in [6.45, 7) is 6.57. The highest BCUT2D eigenvalue weighted by Crippen LogP contribution is 2.08. The molecule has 3 heteroatoms. The molecular weight excluding hydrogens is 192 g/mol. The maximum Gasteiger partial charge on any atom is 0.336 e. The molecule has 0 radical (unpaired) electrons. The van der Waals surface area contributed by atoms with Gasteiger partial charge in [0, 0.05) is 0 Å². The zero-order valence-corrected chi connectivity index (χ0v) is 8.86. The van der Waals surface area contributed by atoms with Gasteiger partial charge in [0.05, 0.1) is 5.56 Å². The van der Waals surface area contributed by atoms with Crippen molar-refractivity contribution in [2.45, 2.75) is 13.8 Å². The molecule has 0 atom stereocenters. The Labute approximate surface area is 89.1 Å². The molecule has 0 fully saturated rings. The molecule has 1 rings (SSSR count). The maximum absolute atomic E-state index is 10.5. The summed E-state index contributed by atoms with van der Waals surface area (Å²) in [5.74, 6) is -0.750. The Morgan fingerprint density at radius 1 is 1.27 bits per heavy atom. The van der Waals surface area contributed by atoms with Crippen LogP contribution in [-0.4, -0.2) is 16.9 Å². The number of carbonyl (C=O) groups is 2. The van der Waals surface area contributed by atoms with Crippen LogP contribution in [0, 0.1) is 0 Å². The van der Waals surface area contributed by atoms with Gasteiger partial charge in [-0.3, -0.25) is 0 Å². The van der Waals surface area contributed by atoms with Gasteiger partial charge in [0.2, 0.25) is 0 Å². The molecular formula is C12H14O3. The molecule has 1 aromatic rings. The first-order valence-corrected chi connectivity index (χ1v) is 4.41. The largest absolute Gasteiger partial charge is 0.478 e. The molecule has 0 amide bonds. The minimum atomic E-state index is -0.916. The summed E-state index contributed by atoms with van der Waals surface area (Å²) in [7, 11) is 0. The number of benzene rings is 1. The second-order valence-electron chi connectivity index (χ2n) is 3.00. The number of ketones is 1. The third kappa shape index (κ3) is 5.41. The van der Waals surface area contributed by atoms with E-state index in [9.17, 15) is 9.59 Å². The summed E-state index contributed by atoms with van der Waals surface area (Å²) < 4.78 is 0. The summed E-state index contributed by atoms with van der Waals surface area (Å²) in [5.41, 5.74) is 0.947. The molecule has 1 aromatic carbocycles. The molecule has 0 saturated heterocycles. The van der Waals surface area contributed by atoms with E-state index in [0.717, 1.165) is 0 Å². The van der Waals surface area contributed by atoms with Crippen molar-refractivity contribution >= 4 is 17.8 Å². The molecule has 1 N–H and O–H groups in total.